The second-order valence-electron chi connectivity index (χ2n) is 7.30. The first kappa shape index (κ1) is 22.3. The third kappa shape index (κ3) is 5.28. The number of hydrogen-bond acceptors (Lipinski definition) is 7. The third-order valence-corrected chi connectivity index (χ3v) is 5.99. The molecule has 2 aromatic heterocycles. The molecular weight excluding hydrogens is 443 g/mol. The Kier molecular flexibility index (Phi) is 6.47. The number of aromatic nitrogens is 2. The van der Waals surface area contributed by atoms with Crippen molar-refractivity contribution in [3.8, 4) is 5.75 Å². The van der Waals surface area contributed by atoms with Crippen molar-refractivity contribution < 1.29 is 22.7 Å². The predicted molar refractivity (Wildman–Crippen MR) is 117 cm³/mol. The van der Waals surface area contributed by atoms with Crippen LogP contribution in [0.1, 0.15) is 12.5 Å². The van der Waals surface area contributed by atoms with Crippen LogP contribution in [0.2, 0.25) is 0 Å². The minimum atomic E-state index is -4.40. The molecule has 170 valence electrons. The van der Waals surface area contributed by atoms with Crippen molar-refractivity contribution in [1.82, 2.24) is 14.9 Å². The maximum Gasteiger partial charge on any atom is 0.417 e. The van der Waals surface area contributed by atoms with Gasteiger partial charge in [0.15, 0.2) is 5.13 Å². The van der Waals surface area contributed by atoms with E-state index in [0.717, 1.165) is 28.2 Å². The molecule has 1 saturated heterocycles. The molecule has 0 saturated carbocycles. The van der Waals surface area contributed by atoms with Gasteiger partial charge >= 0.3 is 6.18 Å². The maximum atomic E-state index is 12.7. The molecule has 3 aromatic rings. The Morgan fingerprint density at radius 1 is 1.19 bits per heavy atom. The summed E-state index contributed by atoms with van der Waals surface area (Å²) in [4.78, 5) is 24.8. The van der Waals surface area contributed by atoms with Crippen LogP contribution in [0.15, 0.2) is 36.5 Å². The van der Waals surface area contributed by atoms with Crippen molar-refractivity contribution >= 4 is 38.4 Å². The molecule has 1 aliphatic rings. The lowest BCUT2D eigenvalue weighted by molar-refractivity contribution is -0.137. The van der Waals surface area contributed by atoms with Gasteiger partial charge in [-0.15, -0.1) is 0 Å². The lowest BCUT2D eigenvalue weighted by Crippen LogP contribution is -2.48. The highest BCUT2D eigenvalue weighted by Crippen LogP contribution is 2.30. The zero-order valence-corrected chi connectivity index (χ0v) is 18.2. The second-order valence-corrected chi connectivity index (χ2v) is 8.33. The van der Waals surface area contributed by atoms with E-state index in [1.807, 2.05) is 34.9 Å². The van der Waals surface area contributed by atoms with Crippen molar-refractivity contribution in [1.29, 1.82) is 0 Å². The van der Waals surface area contributed by atoms with Gasteiger partial charge in [0.05, 0.1) is 28.9 Å². The molecule has 3 heterocycles. The normalized spacial score (nSPS) is 15.2. The fourth-order valence-corrected chi connectivity index (χ4v) is 4.36. The Balaban J connectivity index is 1.28. The zero-order chi connectivity index (χ0) is 22.7. The molecule has 7 nitrogen and oxygen atoms in total. The van der Waals surface area contributed by atoms with Crippen LogP contribution in [0.3, 0.4) is 0 Å². The van der Waals surface area contributed by atoms with Crippen molar-refractivity contribution in [2.24, 2.45) is 0 Å². The Labute approximate surface area is 186 Å². The first-order chi connectivity index (χ1) is 15.3. The number of rotatable bonds is 6. The molecule has 1 fully saturated rings. The summed E-state index contributed by atoms with van der Waals surface area (Å²) in [6.07, 6.45) is -3.54. The standard InChI is InChI=1S/C21H22F3N5O2S/c1-2-31-15-4-5-16-17(11-15)32-20(26-16)27-19(30)13-28-7-9-29(10-8-28)18-6-3-14(12-25-18)21(22,23)24/h3-6,11-12H,2,7-10,13H2,1H3,(H,26,27,30). The number of anilines is 2. The van der Waals surface area contributed by atoms with Gasteiger partial charge in [0.25, 0.3) is 0 Å². The van der Waals surface area contributed by atoms with Gasteiger partial charge in [0, 0.05) is 32.4 Å². The molecule has 0 radical (unpaired) electrons. The molecule has 0 aliphatic carbocycles. The average molecular weight is 466 g/mol. The monoisotopic (exact) mass is 465 g/mol. The summed E-state index contributed by atoms with van der Waals surface area (Å²) in [6, 6.07) is 8.04. The number of piperazine rings is 1. The van der Waals surface area contributed by atoms with E-state index in [1.54, 1.807) is 0 Å². The highest BCUT2D eigenvalue weighted by molar-refractivity contribution is 7.22. The average Bonchev–Trinajstić information content (AvgIpc) is 3.15. The lowest BCUT2D eigenvalue weighted by Gasteiger charge is -2.35. The summed E-state index contributed by atoms with van der Waals surface area (Å²) >= 11 is 1.39. The van der Waals surface area contributed by atoms with Crippen LogP contribution in [0.4, 0.5) is 24.1 Å². The summed E-state index contributed by atoms with van der Waals surface area (Å²) in [5.41, 5.74) is 0.0342. The first-order valence-corrected chi connectivity index (χ1v) is 11.0. The number of halogens is 3. The predicted octanol–water partition coefficient (Wildman–Crippen LogP) is 3.87. The molecule has 1 amide bonds. The number of ether oxygens (including phenoxy) is 1. The number of carbonyl (C=O) groups is 1. The van der Waals surface area contributed by atoms with E-state index in [0.29, 0.717) is 43.7 Å². The molecule has 1 N–H and O–H groups in total. The van der Waals surface area contributed by atoms with Gasteiger partial charge in [-0.2, -0.15) is 13.2 Å². The molecule has 0 atom stereocenters. The number of carbonyl (C=O) groups excluding carboxylic acids is 1. The van der Waals surface area contributed by atoms with Crippen LogP contribution in [0.5, 0.6) is 5.75 Å². The summed E-state index contributed by atoms with van der Waals surface area (Å²) < 4.78 is 44.5. The molecule has 1 aliphatic heterocycles. The van der Waals surface area contributed by atoms with Gasteiger partial charge < -0.3 is 15.0 Å². The van der Waals surface area contributed by atoms with E-state index in [2.05, 4.69) is 15.3 Å². The Hall–Kier alpha value is -2.92. The highest BCUT2D eigenvalue weighted by atomic mass is 32.1. The Bertz CT molecular complexity index is 1080. The number of hydrogen-bond donors (Lipinski definition) is 1. The summed E-state index contributed by atoms with van der Waals surface area (Å²) in [5.74, 6) is 1.11. The number of thiazole rings is 1. The lowest BCUT2D eigenvalue weighted by atomic mass is 10.2. The van der Waals surface area contributed by atoms with Crippen molar-refractivity contribution in [3.63, 3.8) is 0 Å². The van der Waals surface area contributed by atoms with Crippen molar-refractivity contribution in [2.45, 2.75) is 13.1 Å². The van der Waals surface area contributed by atoms with Gasteiger partial charge in [0.1, 0.15) is 11.6 Å². The van der Waals surface area contributed by atoms with E-state index in [-0.39, 0.29) is 12.5 Å². The van der Waals surface area contributed by atoms with E-state index in [9.17, 15) is 18.0 Å². The smallest absolute Gasteiger partial charge is 0.417 e. The fraction of sp³-hybridized carbons (Fsp3) is 0.381. The molecular formula is C21H22F3N5O2S. The van der Waals surface area contributed by atoms with Crippen LogP contribution in [0, 0.1) is 0 Å². The second kappa shape index (κ2) is 9.29. The zero-order valence-electron chi connectivity index (χ0n) is 17.4. The van der Waals surface area contributed by atoms with Crippen molar-refractivity contribution in [3.05, 3.63) is 42.1 Å². The molecule has 1 aromatic carbocycles. The Morgan fingerprint density at radius 2 is 1.97 bits per heavy atom. The van der Waals surface area contributed by atoms with Crippen LogP contribution >= 0.6 is 11.3 Å². The SMILES string of the molecule is CCOc1ccc2nc(NC(=O)CN3CCN(c4ccc(C(F)(F)F)cn4)CC3)sc2c1. The van der Waals surface area contributed by atoms with Gasteiger partial charge in [-0.25, -0.2) is 9.97 Å². The van der Waals surface area contributed by atoms with E-state index < -0.39 is 11.7 Å². The quantitative estimate of drug-likeness (QED) is 0.596. The topological polar surface area (TPSA) is 70.6 Å². The van der Waals surface area contributed by atoms with Crippen LogP contribution in [-0.2, 0) is 11.0 Å². The minimum absolute atomic E-state index is 0.157. The van der Waals surface area contributed by atoms with Crippen LogP contribution in [0.25, 0.3) is 10.2 Å². The van der Waals surface area contributed by atoms with Crippen molar-refractivity contribution in [2.75, 3.05) is 49.5 Å². The fourth-order valence-electron chi connectivity index (χ4n) is 3.45. The molecule has 11 heteroatoms. The van der Waals surface area contributed by atoms with Gasteiger partial charge in [-0.3, -0.25) is 9.69 Å². The molecule has 32 heavy (non-hydrogen) atoms. The number of amides is 1. The maximum absolute atomic E-state index is 12.7. The number of nitrogens with one attached hydrogen (secondary N) is 1. The van der Waals surface area contributed by atoms with Gasteiger partial charge in [-0.1, -0.05) is 11.3 Å². The molecule has 0 spiro atoms. The number of nitrogens with zero attached hydrogens (tertiary/aromatic N) is 4. The largest absolute Gasteiger partial charge is 0.494 e. The summed E-state index contributed by atoms with van der Waals surface area (Å²) in [6.45, 7) is 5.08. The molecule has 0 unspecified atom stereocenters. The number of benzene rings is 1. The van der Waals surface area contributed by atoms with Crippen LogP contribution in [-0.4, -0.2) is 60.1 Å². The van der Waals surface area contributed by atoms with E-state index in [4.69, 9.17) is 4.74 Å². The van der Waals surface area contributed by atoms with Gasteiger partial charge in [-0.05, 0) is 37.3 Å². The Morgan fingerprint density at radius 3 is 2.62 bits per heavy atom. The minimum Gasteiger partial charge on any atom is -0.494 e. The third-order valence-electron chi connectivity index (χ3n) is 5.06. The molecule has 0 bridgehead atoms. The highest BCUT2D eigenvalue weighted by Gasteiger charge is 2.31. The number of fused-ring (bicyclic) bond motifs is 1. The van der Waals surface area contributed by atoms with Gasteiger partial charge in [0.2, 0.25) is 5.91 Å². The number of pyridine rings is 1. The number of alkyl halides is 3. The van der Waals surface area contributed by atoms with E-state index in [1.165, 1.54) is 17.4 Å². The van der Waals surface area contributed by atoms with E-state index >= 15 is 0 Å². The summed E-state index contributed by atoms with van der Waals surface area (Å²) in [5, 5.41) is 3.38. The molecule has 4 rings (SSSR count). The summed E-state index contributed by atoms with van der Waals surface area (Å²) in [7, 11) is 0. The van der Waals surface area contributed by atoms with Crippen LogP contribution < -0.4 is 15.0 Å². The first-order valence-electron chi connectivity index (χ1n) is 10.2.